The van der Waals surface area contributed by atoms with Gasteiger partial charge < -0.3 is 5.32 Å². The van der Waals surface area contributed by atoms with Crippen LogP contribution < -0.4 is 9.62 Å². The predicted octanol–water partition coefficient (Wildman–Crippen LogP) is 5.25. The topological polar surface area (TPSA) is 66.5 Å². The molecule has 0 spiro atoms. The Bertz CT molecular complexity index is 1160. The van der Waals surface area contributed by atoms with Crippen molar-refractivity contribution in [1.29, 1.82) is 0 Å². The van der Waals surface area contributed by atoms with Crippen LogP contribution >= 0.6 is 23.2 Å². The van der Waals surface area contributed by atoms with E-state index in [0.717, 1.165) is 15.4 Å². The van der Waals surface area contributed by atoms with Gasteiger partial charge >= 0.3 is 0 Å². The van der Waals surface area contributed by atoms with Crippen molar-refractivity contribution in [3.05, 3.63) is 94.0 Å². The molecule has 0 unspecified atom stereocenters. The van der Waals surface area contributed by atoms with E-state index in [1.54, 1.807) is 36.4 Å². The van der Waals surface area contributed by atoms with Crippen molar-refractivity contribution in [3.63, 3.8) is 0 Å². The monoisotopic (exact) mass is 490 g/mol. The molecule has 32 heavy (non-hydrogen) atoms. The fraction of sp³-hybridized carbons (Fsp3) is 0.208. The van der Waals surface area contributed by atoms with Gasteiger partial charge in [-0.15, -0.1) is 0 Å². The number of aryl methyl sites for hydroxylation is 2. The highest BCUT2D eigenvalue weighted by Gasteiger charge is 2.27. The van der Waals surface area contributed by atoms with Crippen LogP contribution in [0.1, 0.15) is 17.5 Å². The molecule has 0 aliphatic heterocycles. The molecular formula is C24H24Cl2N2O3S. The third-order valence-corrected chi connectivity index (χ3v) is 7.32. The quantitative estimate of drug-likeness (QED) is 0.416. The minimum absolute atomic E-state index is 0.115. The minimum Gasteiger partial charge on any atom is -0.355 e. The van der Waals surface area contributed by atoms with E-state index < -0.39 is 15.9 Å². The Hall–Kier alpha value is -2.54. The Morgan fingerprint density at radius 2 is 1.59 bits per heavy atom. The van der Waals surface area contributed by atoms with Crippen LogP contribution in [0.4, 0.5) is 5.69 Å². The van der Waals surface area contributed by atoms with Gasteiger partial charge in [-0.3, -0.25) is 9.10 Å². The summed E-state index contributed by atoms with van der Waals surface area (Å²) in [4.78, 5) is 12.8. The number of nitrogens with zero attached hydrogens (tertiary/aromatic N) is 1. The van der Waals surface area contributed by atoms with E-state index in [-0.39, 0.29) is 11.4 Å². The summed E-state index contributed by atoms with van der Waals surface area (Å²) in [5, 5.41) is 3.97. The number of carbonyl (C=O) groups is 1. The van der Waals surface area contributed by atoms with Gasteiger partial charge in [-0.2, -0.15) is 0 Å². The molecule has 0 heterocycles. The molecule has 1 amide bonds. The highest BCUT2D eigenvalue weighted by molar-refractivity contribution is 7.92. The lowest BCUT2D eigenvalue weighted by Crippen LogP contribution is -2.41. The third kappa shape index (κ3) is 6.25. The summed E-state index contributed by atoms with van der Waals surface area (Å²) in [6.45, 7) is 1.94. The number of rotatable bonds is 9. The second-order valence-corrected chi connectivity index (χ2v) is 10.1. The molecule has 0 bridgehead atoms. The standard InChI is InChI=1S/C24H24Cl2N2O3S/c1-18-8-14-22(15-9-18)32(30,31)28(21-12-10-20(25)11-13-21)17-24(29)27-16-4-6-19-5-2-3-7-23(19)26/h2-3,5,7-15H,4,6,16-17H2,1H3,(H,27,29). The summed E-state index contributed by atoms with van der Waals surface area (Å²) in [6, 6.07) is 20.4. The van der Waals surface area contributed by atoms with Gasteiger partial charge in [0.1, 0.15) is 6.54 Å². The van der Waals surface area contributed by atoms with Crippen molar-refractivity contribution in [2.24, 2.45) is 0 Å². The Morgan fingerprint density at radius 3 is 2.25 bits per heavy atom. The molecule has 0 saturated carbocycles. The van der Waals surface area contributed by atoms with E-state index >= 15 is 0 Å². The first-order valence-corrected chi connectivity index (χ1v) is 12.3. The van der Waals surface area contributed by atoms with Crippen LogP contribution in [0.15, 0.2) is 77.7 Å². The van der Waals surface area contributed by atoms with Crippen molar-refractivity contribution >= 4 is 44.8 Å². The average molecular weight is 491 g/mol. The Balaban J connectivity index is 1.71. The van der Waals surface area contributed by atoms with Crippen LogP contribution in [0.3, 0.4) is 0 Å². The van der Waals surface area contributed by atoms with Crippen molar-refractivity contribution in [3.8, 4) is 0 Å². The average Bonchev–Trinajstić information content (AvgIpc) is 2.77. The summed E-state index contributed by atoms with van der Waals surface area (Å²) in [5.41, 5.74) is 2.31. The molecule has 0 aromatic heterocycles. The highest BCUT2D eigenvalue weighted by atomic mass is 35.5. The van der Waals surface area contributed by atoms with Gasteiger partial charge in [0.15, 0.2) is 0 Å². The lowest BCUT2D eigenvalue weighted by atomic mass is 10.1. The predicted molar refractivity (Wildman–Crippen MR) is 130 cm³/mol. The molecular weight excluding hydrogens is 467 g/mol. The van der Waals surface area contributed by atoms with E-state index in [1.165, 1.54) is 12.1 Å². The summed E-state index contributed by atoms with van der Waals surface area (Å²) >= 11 is 12.1. The summed E-state index contributed by atoms with van der Waals surface area (Å²) in [7, 11) is -3.95. The zero-order valence-electron chi connectivity index (χ0n) is 17.6. The van der Waals surface area contributed by atoms with Crippen LogP contribution in [-0.2, 0) is 21.2 Å². The zero-order chi connectivity index (χ0) is 23.1. The van der Waals surface area contributed by atoms with Crippen LogP contribution in [0.25, 0.3) is 0 Å². The molecule has 5 nitrogen and oxygen atoms in total. The Labute approximate surface area is 199 Å². The number of benzene rings is 3. The van der Waals surface area contributed by atoms with Gasteiger partial charge in [-0.25, -0.2) is 8.42 Å². The van der Waals surface area contributed by atoms with Crippen LogP contribution in [-0.4, -0.2) is 27.4 Å². The summed E-state index contributed by atoms with van der Waals surface area (Å²) < 4.78 is 27.7. The summed E-state index contributed by atoms with van der Waals surface area (Å²) in [6.07, 6.45) is 1.39. The number of hydrogen-bond donors (Lipinski definition) is 1. The molecule has 3 rings (SSSR count). The van der Waals surface area contributed by atoms with Gasteiger partial charge in [0.05, 0.1) is 10.6 Å². The second kappa shape index (κ2) is 10.9. The van der Waals surface area contributed by atoms with E-state index in [9.17, 15) is 13.2 Å². The fourth-order valence-electron chi connectivity index (χ4n) is 3.15. The van der Waals surface area contributed by atoms with E-state index in [4.69, 9.17) is 23.2 Å². The van der Waals surface area contributed by atoms with E-state index in [2.05, 4.69) is 5.32 Å². The second-order valence-electron chi connectivity index (χ2n) is 7.35. The lowest BCUT2D eigenvalue weighted by molar-refractivity contribution is -0.119. The first kappa shape index (κ1) is 24.1. The van der Waals surface area contributed by atoms with Crippen molar-refractivity contribution in [2.45, 2.75) is 24.7 Å². The highest BCUT2D eigenvalue weighted by Crippen LogP contribution is 2.25. The first-order valence-electron chi connectivity index (χ1n) is 10.1. The number of nitrogens with one attached hydrogen (secondary N) is 1. The van der Waals surface area contributed by atoms with E-state index in [1.807, 2.05) is 31.2 Å². The van der Waals surface area contributed by atoms with Crippen molar-refractivity contribution in [2.75, 3.05) is 17.4 Å². The van der Waals surface area contributed by atoms with Gasteiger partial charge in [0, 0.05) is 16.6 Å². The number of anilines is 1. The molecule has 3 aromatic rings. The first-order chi connectivity index (χ1) is 15.3. The molecule has 168 valence electrons. The molecule has 0 atom stereocenters. The largest absolute Gasteiger partial charge is 0.355 e. The van der Waals surface area contributed by atoms with Gasteiger partial charge in [0.25, 0.3) is 10.0 Å². The fourth-order valence-corrected chi connectivity index (χ4v) is 4.93. The molecule has 1 N–H and O–H groups in total. The summed E-state index contributed by atoms with van der Waals surface area (Å²) in [5.74, 6) is -0.394. The minimum atomic E-state index is -3.95. The number of halogens is 2. The normalized spacial score (nSPS) is 11.2. The lowest BCUT2D eigenvalue weighted by Gasteiger charge is -2.24. The third-order valence-electron chi connectivity index (χ3n) is 4.91. The van der Waals surface area contributed by atoms with Gasteiger partial charge in [-0.05, 0) is 67.8 Å². The number of hydrogen-bond acceptors (Lipinski definition) is 3. The molecule has 0 aliphatic rings. The maximum atomic E-state index is 13.3. The van der Waals surface area contributed by atoms with Crippen LogP contribution in [0, 0.1) is 6.92 Å². The SMILES string of the molecule is Cc1ccc(S(=O)(=O)N(CC(=O)NCCCc2ccccc2Cl)c2ccc(Cl)cc2)cc1. The van der Waals surface area contributed by atoms with Gasteiger partial charge in [-0.1, -0.05) is 59.1 Å². The van der Waals surface area contributed by atoms with Gasteiger partial charge in [0.2, 0.25) is 5.91 Å². The van der Waals surface area contributed by atoms with Crippen molar-refractivity contribution in [1.82, 2.24) is 5.32 Å². The zero-order valence-corrected chi connectivity index (χ0v) is 19.9. The molecule has 0 fully saturated rings. The number of sulfonamides is 1. The van der Waals surface area contributed by atoms with E-state index in [0.29, 0.717) is 35.1 Å². The molecule has 0 saturated heterocycles. The van der Waals surface area contributed by atoms with Crippen LogP contribution in [0.5, 0.6) is 0 Å². The number of carbonyl (C=O) groups excluding carboxylic acids is 1. The molecule has 0 aliphatic carbocycles. The Kier molecular flexibility index (Phi) is 8.18. The Morgan fingerprint density at radius 1 is 0.938 bits per heavy atom. The molecule has 3 aromatic carbocycles. The van der Waals surface area contributed by atoms with Crippen molar-refractivity contribution < 1.29 is 13.2 Å². The molecule has 0 radical (unpaired) electrons. The van der Waals surface area contributed by atoms with Crippen LogP contribution in [0.2, 0.25) is 10.0 Å². The maximum Gasteiger partial charge on any atom is 0.264 e. The smallest absolute Gasteiger partial charge is 0.264 e. The maximum absolute atomic E-state index is 13.3. The number of amides is 1. The molecule has 8 heteroatoms.